The number of rotatable bonds is 1. The summed E-state index contributed by atoms with van der Waals surface area (Å²) in [6.45, 7) is 4.92. The van der Waals surface area contributed by atoms with E-state index in [1.807, 2.05) is 7.05 Å². The molecule has 0 spiro atoms. The third kappa shape index (κ3) is 2.38. The molecule has 4 rings (SSSR count). The van der Waals surface area contributed by atoms with Gasteiger partial charge < -0.3 is 5.32 Å². The van der Waals surface area contributed by atoms with E-state index in [1.165, 1.54) is 51.4 Å². The molecule has 2 nitrogen and oxygen atoms in total. The van der Waals surface area contributed by atoms with Gasteiger partial charge in [-0.15, -0.1) is 0 Å². The van der Waals surface area contributed by atoms with Crippen LogP contribution < -0.4 is 5.32 Å². The first-order valence-electron chi connectivity index (χ1n) is 10.3. The van der Waals surface area contributed by atoms with Crippen LogP contribution in [0.15, 0.2) is 0 Å². The molecule has 23 heavy (non-hydrogen) atoms. The zero-order chi connectivity index (χ0) is 16.2. The number of hydrogen-bond donors (Lipinski definition) is 1. The second kappa shape index (κ2) is 5.77. The van der Waals surface area contributed by atoms with E-state index in [1.54, 1.807) is 0 Å². The fraction of sp³-hybridized carbons (Fsp3) is 0.952. The first-order valence-corrected chi connectivity index (χ1v) is 10.3. The van der Waals surface area contributed by atoms with Gasteiger partial charge in [0, 0.05) is 13.0 Å². The van der Waals surface area contributed by atoms with Crippen LogP contribution in [-0.4, -0.2) is 13.0 Å². The second-order valence-electron chi connectivity index (χ2n) is 9.64. The summed E-state index contributed by atoms with van der Waals surface area (Å²) in [6, 6.07) is 0. The van der Waals surface area contributed by atoms with Gasteiger partial charge in [0.2, 0.25) is 5.91 Å². The lowest BCUT2D eigenvalue weighted by Gasteiger charge is -2.56. The van der Waals surface area contributed by atoms with Crippen LogP contribution in [0.3, 0.4) is 0 Å². The topological polar surface area (TPSA) is 29.1 Å². The Morgan fingerprint density at radius 2 is 1.74 bits per heavy atom. The number of fused-ring (bicyclic) bond motifs is 5. The summed E-state index contributed by atoms with van der Waals surface area (Å²) in [5.74, 6) is 6.35. The van der Waals surface area contributed by atoms with Crippen molar-refractivity contribution >= 4 is 5.91 Å². The van der Waals surface area contributed by atoms with E-state index in [0.717, 1.165) is 41.9 Å². The summed E-state index contributed by atoms with van der Waals surface area (Å²) in [5, 5.41) is 2.95. The summed E-state index contributed by atoms with van der Waals surface area (Å²) >= 11 is 0. The predicted molar refractivity (Wildman–Crippen MR) is 93.8 cm³/mol. The molecule has 4 saturated carbocycles. The molecule has 4 aliphatic carbocycles. The maximum Gasteiger partial charge on any atom is 0.223 e. The van der Waals surface area contributed by atoms with E-state index in [4.69, 9.17) is 0 Å². The van der Waals surface area contributed by atoms with Crippen molar-refractivity contribution in [3.63, 3.8) is 0 Å². The van der Waals surface area contributed by atoms with Crippen LogP contribution in [0.1, 0.15) is 71.6 Å². The molecule has 4 fully saturated rings. The van der Waals surface area contributed by atoms with Gasteiger partial charge in [-0.25, -0.2) is 0 Å². The van der Waals surface area contributed by atoms with Gasteiger partial charge >= 0.3 is 0 Å². The molecule has 0 aromatic heterocycles. The summed E-state index contributed by atoms with van der Waals surface area (Å²) in [7, 11) is 1.82. The minimum absolute atomic E-state index is 0.280. The Balaban J connectivity index is 1.55. The number of carbonyl (C=O) groups excluding carboxylic acids is 1. The van der Waals surface area contributed by atoms with Crippen molar-refractivity contribution in [1.29, 1.82) is 0 Å². The van der Waals surface area contributed by atoms with Crippen LogP contribution >= 0.6 is 0 Å². The summed E-state index contributed by atoms with van der Waals surface area (Å²) in [5.41, 5.74) is 0.288. The van der Waals surface area contributed by atoms with Gasteiger partial charge in [0.05, 0.1) is 0 Å². The Hall–Kier alpha value is -0.530. The molecule has 130 valence electrons. The zero-order valence-corrected chi connectivity index (χ0v) is 15.3. The van der Waals surface area contributed by atoms with Gasteiger partial charge in [-0.05, 0) is 92.3 Å². The number of hydrogen-bond acceptors (Lipinski definition) is 1. The van der Waals surface area contributed by atoms with Crippen molar-refractivity contribution in [3.8, 4) is 0 Å². The van der Waals surface area contributed by atoms with Crippen LogP contribution in [0, 0.1) is 46.8 Å². The first kappa shape index (κ1) is 16.0. The molecule has 1 N–H and O–H groups in total. The maximum atomic E-state index is 12.4. The van der Waals surface area contributed by atoms with Crippen molar-refractivity contribution < 1.29 is 4.79 Å². The molecule has 2 heteroatoms. The van der Waals surface area contributed by atoms with E-state index in [9.17, 15) is 4.79 Å². The Bertz CT molecular complexity index is 474. The summed E-state index contributed by atoms with van der Waals surface area (Å²) < 4.78 is 0. The summed E-state index contributed by atoms with van der Waals surface area (Å²) in [4.78, 5) is 12.4. The van der Waals surface area contributed by atoms with Gasteiger partial charge in [-0.2, -0.15) is 0 Å². The van der Waals surface area contributed by atoms with Crippen molar-refractivity contribution in [2.75, 3.05) is 7.05 Å². The number of amides is 1. The molecule has 0 aromatic rings. The lowest BCUT2D eigenvalue weighted by molar-refractivity contribution is -0.132. The SMILES string of the molecule is CNC(=O)C1CCC2C3CCC4CC(C)CCC4C3CCC12C. The van der Waals surface area contributed by atoms with Gasteiger partial charge in [-0.1, -0.05) is 20.3 Å². The molecule has 0 saturated heterocycles. The normalized spacial score (nSPS) is 52.2. The highest BCUT2D eigenvalue weighted by atomic mass is 16.1. The van der Waals surface area contributed by atoms with E-state index in [0.29, 0.717) is 5.91 Å². The molecule has 1 amide bonds. The highest BCUT2D eigenvalue weighted by Gasteiger charge is 2.58. The molecule has 0 radical (unpaired) electrons. The average Bonchev–Trinajstić information content (AvgIpc) is 2.90. The lowest BCUT2D eigenvalue weighted by Crippen LogP contribution is -2.50. The van der Waals surface area contributed by atoms with Gasteiger partial charge in [0.1, 0.15) is 0 Å². The smallest absolute Gasteiger partial charge is 0.223 e. The van der Waals surface area contributed by atoms with Gasteiger partial charge in [0.15, 0.2) is 0 Å². The third-order valence-electron chi connectivity index (χ3n) is 8.78. The van der Waals surface area contributed by atoms with Crippen molar-refractivity contribution in [3.05, 3.63) is 0 Å². The van der Waals surface area contributed by atoms with Crippen LogP contribution in [0.5, 0.6) is 0 Å². The monoisotopic (exact) mass is 317 g/mol. The highest BCUT2D eigenvalue weighted by Crippen LogP contribution is 2.64. The predicted octanol–water partition coefficient (Wildman–Crippen LogP) is 4.64. The second-order valence-corrected chi connectivity index (χ2v) is 9.64. The molecule has 0 heterocycles. The molecule has 8 atom stereocenters. The average molecular weight is 318 g/mol. The van der Waals surface area contributed by atoms with E-state index < -0.39 is 0 Å². The largest absolute Gasteiger partial charge is 0.359 e. The van der Waals surface area contributed by atoms with E-state index >= 15 is 0 Å². The molecule has 0 aliphatic heterocycles. The Morgan fingerprint density at radius 1 is 0.957 bits per heavy atom. The standard InChI is InChI=1S/C21H35NO/c1-13-4-6-15-14(12-13)5-7-17-16(15)10-11-21(2)18(17)8-9-19(21)20(23)22-3/h13-19H,4-12H2,1-3H3,(H,22,23). The van der Waals surface area contributed by atoms with Crippen molar-refractivity contribution in [2.24, 2.45) is 46.8 Å². The molecule has 0 aromatic carbocycles. The van der Waals surface area contributed by atoms with Gasteiger partial charge in [0.25, 0.3) is 0 Å². The molecule has 4 aliphatic rings. The first-order chi connectivity index (χ1) is 11.0. The fourth-order valence-electron chi connectivity index (χ4n) is 7.69. The van der Waals surface area contributed by atoms with Crippen molar-refractivity contribution in [1.82, 2.24) is 5.32 Å². The molecular formula is C21H35NO. The number of carbonyl (C=O) groups is 1. The zero-order valence-electron chi connectivity index (χ0n) is 15.3. The van der Waals surface area contributed by atoms with E-state index in [-0.39, 0.29) is 11.3 Å². The minimum Gasteiger partial charge on any atom is -0.359 e. The number of nitrogens with one attached hydrogen (secondary N) is 1. The minimum atomic E-state index is 0.280. The third-order valence-corrected chi connectivity index (χ3v) is 8.78. The van der Waals surface area contributed by atoms with Crippen LogP contribution in [0.4, 0.5) is 0 Å². The maximum absolute atomic E-state index is 12.4. The van der Waals surface area contributed by atoms with Crippen LogP contribution in [-0.2, 0) is 4.79 Å². The highest BCUT2D eigenvalue weighted by molar-refractivity contribution is 5.79. The van der Waals surface area contributed by atoms with Crippen LogP contribution in [0.25, 0.3) is 0 Å². The Labute approximate surface area is 142 Å². The van der Waals surface area contributed by atoms with Gasteiger partial charge in [-0.3, -0.25) is 4.79 Å². The molecule has 0 bridgehead atoms. The lowest BCUT2D eigenvalue weighted by atomic mass is 9.49. The Kier molecular flexibility index (Phi) is 4.01. The molecule has 8 unspecified atom stereocenters. The fourth-order valence-corrected chi connectivity index (χ4v) is 7.69. The van der Waals surface area contributed by atoms with Crippen molar-refractivity contribution in [2.45, 2.75) is 71.6 Å². The summed E-state index contributed by atoms with van der Waals surface area (Å²) in [6.07, 6.45) is 12.5. The Morgan fingerprint density at radius 3 is 2.52 bits per heavy atom. The van der Waals surface area contributed by atoms with E-state index in [2.05, 4.69) is 19.2 Å². The van der Waals surface area contributed by atoms with Crippen LogP contribution in [0.2, 0.25) is 0 Å². The molecular weight excluding hydrogens is 282 g/mol. The quantitative estimate of drug-likeness (QED) is 0.750.